The number of rotatable bonds is 7. The lowest BCUT2D eigenvalue weighted by Gasteiger charge is -2.06. The second-order valence-corrected chi connectivity index (χ2v) is 6.89. The van der Waals surface area contributed by atoms with E-state index in [9.17, 15) is 13.2 Å². The molecule has 0 atom stereocenters. The van der Waals surface area contributed by atoms with E-state index in [0.29, 0.717) is 6.54 Å². The Morgan fingerprint density at radius 1 is 1.37 bits per heavy atom. The summed E-state index contributed by atoms with van der Waals surface area (Å²) in [6, 6.07) is 7.94. The lowest BCUT2D eigenvalue weighted by Crippen LogP contribution is -2.35. The Morgan fingerprint density at radius 2 is 2.11 bits per heavy atom. The van der Waals surface area contributed by atoms with Crippen LogP contribution >= 0.6 is 15.9 Å². The maximum atomic E-state index is 11.3. The number of nitrogens with one attached hydrogen (secondary N) is 2. The molecule has 1 aromatic carbocycles. The minimum atomic E-state index is -3.48. The van der Waals surface area contributed by atoms with E-state index >= 15 is 0 Å². The van der Waals surface area contributed by atoms with Crippen molar-refractivity contribution in [3.63, 3.8) is 0 Å². The fourth-order valence-electron chi connectivity index (χ4n) is 1.51. The van der Waals surface area contributed by atoms with Gasteiger partial charge in [0.05, 0.1) is 0 Å². The Bertz CT molecular complexity index is 532. The van der Waals surface area contributed by atoms with Crippen molar-refractivity contribution in [3.8, 4) is 0 Å². The van der Waals surface area contributed by atoms with Crippen LogP contribution in [-0.4, -0.2) is 33.7 Å². The Hall–Kier alpha value is -0.920. The van der Waals surface area contributed by atoms with Gasteiger partial charge in [-0.2, -0.15) is 0 Å². The summed E-state index contributed by atoms with van der Waals surface area (Å²) in [4.78, 5) is 11.3. The normalized spacial score (nSPS) is 11.3. The third-order valence-electron chi connectivity index (χ3n) is 2.49. The molecule has 106 valence electrons. The standard InChI is InChI=1S/C12H17BrN2O3S/c1-14-19(17,18)9-12(16)15-7-3-5-10-4-2-6-11(13)8-10/h2,4,6,8,14H,3,5,7,9H2,1H3,(H,15,16). The zero-order chi connectivity index (χ0) is 14.3. The second kappa shape index (κ2) is 7.62. The quantitative estimate of drug-likeness (QED) is 0.723. The highest BCUT2D eigenvalue weighted by Crippen LogP contribution is 2.12. The van der Waals surface area contributed by atoms with Crippen LogP contribution in [0.1, 0.15) is 12.0 Å². The Kier molecular flexibility index (Phi) is 6.47. The minimum absolute atomic E-state index is 0.463. The average Bonchev–Trinajstić information content (AvgIpc) is 2.34. The smallest absolute Gasteiger partial charge is 0.236 e. The molecule has 0 fully saturated rings. The van der Waals surface area contributed by atoms with Crippen molar-refractivity contribution in [3.05, 3.63) is 34.3 Å². The van der Waals surface area contributed by atoms with E-state index in [1.54, 1.807) is 0 Å². The summed E-state index contributed by atoms with van der Waals surface area (Å²) in [6.07, 6.45) is 1.60. The van der Waals surface area contributed by atoms with Crippen LogP contribution in [0, 0.1) is 0 Å². The summed E-state index contributed by atoms with van der Waals surface area (Å²) < 4.78 is 25.4. The molecule has 0 bridgehead atoms. The molecule has 1 aromatic rings. The summed E-state index contributed by atoms with van der Waals surface area (Å²) in [5, 5.41) is 2.59. The van der Waals surface area contributed by atoms with E-state index in [2.05, 4.69) is 26.0 Å². The van der Waals surface area contributed by atoms with Gasteiger partial charge in [-0.25, -0.2) is 13.1 Å². The number of hydrogen-bond donors (Lipinski definition) is 2. The van der Waals surface area contributed by atoms with Crippen molar-refractivity contribution in [2.24, 2.45) is 0 Å². The second-order valence-electron chi connectivity index (χ2n) is 4.05. The molecule has 0 aromatic heterocycles. The molecular weight excluding hydrogens is 332 g/mol. The average molecular weight is 349 g/mol. The molecule has 5 nitrogen and oxygen atoms in total. The first-order chi connectivity index (χ1) is 8.93. The largest absolute Gasteiger partial charge is 0.355 e. The highest BCUT2D eigenvalue weighted by molar-refractivity contribution is 9.10. The van der Waals surface area contributed by atoms with E-state index in [-0.39, 0.29) is 0 Å². The van der Waals surface area contributed by atoms with Gasteiger partial charge in [0.2, 0.25) is 15.9 Å². The molecule has 0 unspecified atom stereocenters. The molecule has 19 heavy (non-hydrogen) atoms. The molecule has 0 aliphatic rings. The van der Waals surface area contributed by atoms with Gasteiger partial charge < -0.3 is 5.32 Å². The van der Waals surface area contributed by atoms with Crippen LogP contribution in [0.4, 0.5) is 0 Å². The number of aryl methyl sites for hydroxylation is 1. The first-order valence-corrected chi connectivity index (χ1v) is 8.30. The number of hydrogen-bond acceptors (Lipinski definition) is 3. The van der Waals surface area contributed by atoms with Crippen molar-refractivity contribution in [1.29, 1.82) is 0 Å². The van der Waals surface area contributed by atoms with Crippen LogP contribution in [-0.2, 0) is 21.2 Å². The predicted molar refractivity (Wildman–Crippen MR) is 78.3 cm³/mol. The van der Waals surface area contributed by atoms with Crippen LogP contribution in [0.15, 0.2) is 28.7 Å². The molecule has 0 aliphatic carbocycles. The number of benzene rings is 1. The van der Waals surface area contributed by atoms with Crippen molar-refractivity contribution < 1.29 is 13.2 Å². The Labute approximate surface area is 122 Å². The van der Waals surface area contributed by atoms with Gasteiger partial charge in [0.1, 0.15) is 5.75 Å². The Morgan fingerprint density at radius 3 is 2.74 bits per heavy atom. The predicted octanol–water partition coefficient (Wildman–Crippen LogP) is 1.05. The van der Waals surface area contributed by atoms with Crippen molar-refractivity contribution in [2.45, 2.75) is 12.8 Å². The van der Waals surface area contributed by atoms with Gasteiger partial charge in [0, 0.05) is 11.0 Å². The highest BCUT2D eigenvalue weighted by Gasteiger charge is 2.13. The molecule has 0 aliphatic heterocycles. The van der Waals surface area contributed by atoms with Gasteiger partial charge >= 0.3 is 0 Å². The van der Waals surface area contributed by atoms with E-state index in [1.807, 2.05) is 24.3 Å². The molecule has 0 saturated heterocycles. The fraction of sp³-hybridized carbons (Fsp3) is 0.417. The van der Waals surface area contributed by atoms with Gasteiger partial charge in [-0.3, -0.25) is 4.79 Å². The van der Waals surface area contributed by atoms with Crippen LogP contribution in [0.2, 0.25) is 0 Å². The zero-order valence-electron chi connectivity index (χ0n) is 10.6. The highest BCUT2D eigenvalue weighted by atomic mass is 79.9. The number of sulfonamides is 1. The zero-order valence-corrected chi connectivity index (χ0v) is 13.1. The third kappa shape index (κ3) is 6.70. The summed E-state index contributed by atoms with van der Waals surface area (Å²) in [7, 11) is -2.19. The van der Waals surface area contributed by atoms with Gasteiger partial charge in [-0.15, -0.1) is 0 Å². The number of amides is 1. The molecule has 0 radical (unpaired) electrons. The third-order valence-corrected chi connectivity index (χ3v) is 4.24. The molecule has 0 saturated carbocycles. The molecule has 1 rings (SSSR count). The minimum Gasteiger partial charge on any atom is -0.355 e. The number of halogens is 1. The van der Waals surface area contributed by atoms with E-state index in [1.165, 1.54) is 12.6 Å². The number of carbonyl (C=O) groups excluding carboxylic acids is 1. The SMILES string of the molecule is CNS(=O)(=O)CC(=O)NCCCc1cccc(Br)c1. The molecule has 0 spiro atoms. The topological polar surface area (TPSA) is 75.3 Å². The molecule has 2 N–H and O–H groups in total. The van der Waals surface area contributed by atoms with Crippen LogP contribution in [0.25, 0.3) is 0 Å². The maximum Gasteiger partial charge on any atom is 0.236 e. The monoisotopic (exact) mass is 348 g/mol. The lowest BCUT2D eigenvalue weighted by molar-refractivity contribution is -0.118. The van der Waals surface area contributed by atoms with Crippen molar-refractivity contribution in [2.75, 3.05) is 19.3 Å². The van der Waals surface area contributed by atoms with Crippen molar-refractivity contribution >= 4 is 31.9 Å². The first kappa shape index (κ1) is 16.1. The fourth-order valence-corrected chi connectivity index (χ4v) is 2.55. The maximum absolute atomic E-state index is 11.3. The molecular formula is C12H17BrN2O3S. The first-order valence-electron chi connectivity index (χ1n) is 5.85. The van der Waals surface area contributed by atoms with Crippen molar-refractivity contribution in [1.82, 2.24) is 10.0 Å². The summed E-state index contributed by atoms with van der Waals surface area (Å²) in [5.41, 5.74) is 1.17. The van der Waals surface area contributed by atoms with Gasteiger partial charge in [-0.1, -0.05) is 28.1 Å². The number of carbonyl (C=O) groups is 1. The summed E-state index contributed by atoms with van der Waals surface area (Å²) >= 11 is 3.39. The van der Waals surface area contributed by atoms with Gasteiger partial charge in [0.25, 0.3) is 0 Å². The molecule has 7 heteroatoms. The summed E-state index contributed by atoms with van der Waals surface area (Å²) in [6.45, 7) is 0.463. The van der Waals surface area contributed by atoms with Gasteiger partial charge in [-0.05, 0) is 37.6 Å². The lowest BCUT2D eigenvalue weighted by atomic mass is 10.1. The molecule has 1 amide bonds. The van der Waals surface area contributed by atoms with Gasteiger partial charge in [0.15, 0.2) is 0 Å². The van der Waals surface area contributed by atoms with E-state index in [4.69, 9.17) is 0 Å². The van der Waals surface area contributed by atoms with E-state index in [0.717, 1.165) is 17.3 Å². The van der Waals surface area contributed by atoms with Crippen LogP contribution in [0.5, 0.6) is 0 Å². The Balaban J connectivity index is 2.26. The summed E-state index contributed by atoms with van der Waals surface area (Å²) in [5.74, 6) is -1.01. The van der Waals surface area contributed by atoms with E-state index < -0.39 is 21.7 Å². The molecule has 0 heterocycles. The van der Waals surface area contributed by atoms with Crippen LogP contribution in [0.3, 0.4) is 0 Å². The van der Waals surface area contributed by atoms with Crippen LogP contribution < -0.4 is 10.0 Å².